The zero-order valence-corrected chi connectivity index (χ0v) is 12.6. The minimum Gasteiger partial charge on any atom is -0.314 e. The predicted molar refractivity (Wildman–Crippen MR) is 71.9 cm³/mol. The number of benzene rings is 1. The molecule has 1 atom stereocenters. The monoisotopic (exact) mass is 356 g/mol. The Hall–Kier alpha value is -0.300. The van der Waals surface area contributed by atoms with Gasteiger partial charge in [-0.25, -0.2) is 13.2 Å². The normalized spacial score (nSPS) is 18.6. The summed E-state index contributed by atoms with van der Waals surface area (Å²) < 4.78 is 41.2. The van der Waals surface area contributed by atoms with Crippen molar-refractivity contribution < 1.29 is 13.2 Å². The van der Waals surface area contributed by atoms with E-state index < -0.39 is 28.5 Å². The first kappa shape index (κ1) is 15.1. The van der Waals surface area contributed by atoms with Crippen molar-refractivity contribution in [3.8, 4) is 0 Å². The van der Waals surface area contributed by atoms with Crippen LogP contribution in [0, 0.1) is 17.5 Å². The molecule has 19 heavy (non-hydrogen) atoms. The van der Waals surface area contributed by atoms with Crippen molar-refractivity contribution in [3.05, 3.63) is 32.5 Å². The maximum atomic E-state index is 14.0. The van der Waals surface area contributed by atoms with Crippen LogP contribution in [0.4, 0.5) is 13.2 Å². The largest absolute Gasteiger partial charge is 0.314 e. The first-order valence-electron chi connectivity index (χ1n) is 5.91. The zero-order valence-electron chi connectivity index (χ0n) is 10.2. The van der Waals surface area contributed by atoms with Crippen LogP contribution in [0.2, 0.25) is 5.02 Å². The molecule has 0 amide bonds. The molecule has 1 heterocycles. The van der Waals surface area contributed by atoms with Gasteiger partial charge in [-0.3, -0.25) is 4.90 Å². The van der Waals surface area contributed by atoms with Gasteiger partial charge in [0.05, 0.1) is 4.47 Å². The van der Waals surface area contributed by atoms with Crippen molar-refractivity contribution in [2.45, 2.75) is 13.0 Å². The Labute approximate surface area is 123 Å². The van der Waals surface area contributed by atoms with Crippen molar-refractivity contribution in [3.63, 3.8) is 0 Å². The molecule has 1 saturated heterocycles. The predicted octanol–water partition coefficient (Wildman–Crippen LogP) is 3.49. The summed E-state index contributed by atoms with van der Waals surface area (Å²) in [5.74, 6) is -3.39. The lowest BCUT2D eigenvalue weighted by molar-refractivity contribution is 0.180. The summed E-state index contributed by atoms with van der Waals surface area (Å²) in [6, 6.07) is -0.433. The minimum absolute atomic E-state index is 0.0266. The summed E-state index contributed by atoms with van der Waals surface area (Å²) in [4.78, 5) is 1.96. The summed E-state index contributed by atoms with van der Waals surface area (Å²) in [6.07, 6.45) is 0. The van der Waals surface area contributed by atoms with Gasteiger partial charge in [0.25, 0.3) is 0 Å². The van der Waals surface area contributed by atoms with Crippen molar-refractivity contribution >= 4 is 27.5 Å². The fraction of sp³-hybridized carbons (Fsp3) is 0.500. The Morgan fingerprint density at radius 2 is 1.74 bits per heavy atom. The van der Waals surface area contributed by atoms with Gasteiger partial charge >= 0.3 is 0 Å². The third-order valence-electron chi connectivity index (χ3n) is 3.36. The number of hydrogen-bond donors (Lipinski definition) is 1. The van der Waals surface area contributed by atoms with E-state index >= 15 is 0 Å². The Kier molecular flexibility index (Phi) is 4.76. The Morgan fingerprint density at radius 3 is 2.32 bits per heavy atom. The number of nitrogens with zero attached hydrogens (tertiary/aromatic N) is 1. The maximum Gasteiger partial charge on any atom is 0.180 e. The van der Waals surface area contributed by atoms with Crippen LogP contribution in [0.3, 0.4) is 0 Å². The number of rotatable bonds is 2. The Balaban J connectivity index is 2.43. The van der Waals surface area contributed by atoms with Crippen LogP contribution in [0.15, 0.2) is 4.47 Å². The van der Waals surface area contributed by atoms with Gasteiger partial charge in [-0.2, -0.15) is 0 Å². The van der Waals surface area contributed by atoms with Crippen LogP contribution in [-0.2, 0) is 0 Å². The highest BCUT2D eigenvalue weighted by atomic mass is 79.9. The Morgan fingerprint density at radius 1 is 1.16 bits per heavy atom. The van der Waals surface area contributed by atoms with Gasteiger partial charge in [-0.15, -0.1) is 0 Å². The molecule has 0 radical (unpaired) electrons. The minimum atomic E-state index is -1.33. The van der Waals surface area contributed by atoms with Gasteiger partial charge in [-0.1, -0.05) is 11.6 Å². The molecular formula is C12H13BrClF3N2. The van der Waals surface area contributed by atoms with E-state index in [1.165, 1.54) is 0 Å². The quantitative estimate of drug-likeness (QED) is 0.644. The highest BCUT2D eigenvalue weighted by molar-refractivity contribution is 9.10. The van der Waals surface area contributed by atoms with Gasteiger partial charge in [0, 0.05) is 37.8 Å². The van der Waals surface area contributed by atoms with Crippen LogP contribution in [0.5, 0.6) is 0 Å². The molecule has 2 rings (SSSR count). The fourth-order valence-corrected chi connectivity index (χ4v) is 3.24. The van der Waals surface area contributed by atoms with Gasteiger partial charge in [0.1, 0.15) is 5.02 Å². The third-order valence-corrected chi connectivity index (χ3v) is 4.47. The average molecular weight is 358 g/mol. The molecule has 0 aliphatic carbocycles. The summed E-state index contributed by atoms with van der Waals surface area (Å²) in [7, 11) is 0. The SMILES string of the molecule is CC(c1c(F)c(F)c(Cl)c(F)c1Br)N1CCNCC1. The second-order valence-corrected chi connectivity index (χ2v) is 5.62. The number of halogens is 5. The van der Waals surface area contributed by atoms with Crippen LogP contribution in [-0.4, -0.2) is 31.1 Å². The second-order valence-electron chi connectivity index (χ2n) is 4.45. The molecule has 0 spiro atoms. The van der Waals surface area contributed by atoms with Gasteiger partial charge < -0.3 is 5.32 Å². The van der Waals surface area contributed by atoms with E-state index in [1.807, 2.05) is 4.90 Å². The summed E-state index contributed by atoms with van der Waals surface area (Å²) in [5, 5.41) is 2.35. The number of hydrogen-bond acceptors (Lipinski definition) is 2. The number of nitrogens with one attached hydrogen (secondary N) is 1. The average Bonchev–Trinajstić information content (AvgIpc) is 2.44. The molecule has 1 N–H and O–H groups in total. The summed E-state index contributed by atoms with van der Waals surface area (Å²) >= 11 is 8.38. The summed E-state index contributed by atoms with van der Waals surface area (Å²) in [5.41, 5.74) is -0.0266. The van der Waals surface area contributed by atoms with Crippen molar-refractivity contribution in [2.24, 2.45) is 0 Å². The van der Waals surface area contributed by atoms with Crippen LogP contribution in [0.25, 0.3) is 0 Å². The van der Waals surface area contributed by atoms with Crippen molar-refractivity contribution in [2.75, 3.05) is 26.2 Å². The molecular weight excluding hydrogens is 344 g/mol. The first-order chi connectivity index (χ1) is 8.95. The van der Waals surface area contributed by atoms with Gasteiger partial charge in [0.15, 0.2) is 17.5 Å². The highest BCUT2D eigenvalue weighted by Gasteiger charge is 2.29. The number of piperazine rings is 1. The van der Waals surface area contributed by atoms with E-state index in [-0.39, 0.29) is 10.0 Å². The topological polar surface area (TPSA) is 15.3 Å². The first-order valence-corrected chi connectivity index (χ1v) is 7.08. The molecule has 0 aromatic heterocycles. The molecule has 1 aromatic rings. The molecule has 2 nitrogen and oxygen atoms in total. The van der Waals surface area contributed by atoms with Crippen LogP contribution in [0.1, 0.15) is 18.5 Å². The van der Waals surface area contributed by atoms with Gasteiger partial charge in [0.2, 0.25) is 0 Å². The molecule has 1 fully saturated rings. The van der Waals surface area contributed by atoms with E-state index in [1.54, 1.807) is 6.92 Å². The molecule has 106 valence electrons. The molecule has 1 unspecified atom stereocenters. The summed E-state index contributed by atoms with van der Waals surface area (Å²) in [6.45, 7) is 4.64. The molecule has 0 saturated carbocycles. The molecule has 7 heteroatoms. The molecule has 1 aliphatic rings. The molecule has 1 aromatic carbocycles. The van der Waals surface area contributed by atoms with E-state index in [4.69, 9.17) is 11.6 Å². The van der Waals surface area contributed by atoms with E-state index in [9.17, 15) is 13.2 Å². The van der Waals surface area contributed by atoms with Crippen LogP contribution < -0.4 is 5.32 Å². The smallest absolute Gasteiger partial charge is 0.180 e. The standard InChI is InChI=1S/C12H13BrClF3N2/c1-6(19-4-2-18-3-5-19)7-8(13)11(16)9(14)12(17)10(7)15/h6,18H,2-5H2,1H3. The lowest BCUT2D eigenvalue weighted by Gasteiger charge is -2.33. The van der Waals surface area contributed by atoms with E-state index in [2.05, 4.69) is 21.2 Å². The van der Waals surface area contributed by atoms with Crippen LogP contribution >= 0.6 is 27.5 Å². The lowest BCUT2D eigenvalue weighted by atomic mass is 10.0. The molecule has 1 aliphatic heterocycles. The van der Waals surface area contributed by atoms with E-state index in [0.29, 0.717) is 13.1 Å². The van der Waals surface area contributed by atoms with Crippen molar-refractivity contribution in [1.82, 2.24) is 10.2 Å². The molecule has 0 bridgehead atoms. The Bertz CT molecular complexity index is 463. The maximum absolute atomic E-state index is 14.0. The van der Waals surface area contributed by atoms with Gasteiger partial charge in [-0.05, 0) is 22.9 Å². The highest BCUT2D eigenvalue weighted by Crippen LogP contribution is 2.37. The zero-order chi connectivity index (χ0) is 14.2. The lowest BCUT2D eigenvalue weighted by Crippen LogP contribution is -2.44. The third kappa shape index (κ3) is 2.77. The second kappa shape index (κ2) is 5.99. The fourth-order valence-electron chi connectivity index (χ4n) is 2.24. The van der Waals surface area contributed by atoms with E-state index in [0.717, 1.165) is 13.1 Å². The van der Waals surface area contributed by atoms with Crippen molar-refractivity contribution in [1.29, 1.82) is 0 Å².